The molecule has 0 saturated carbocycles. The monoisotopic (exact) mass is 354 g/mol. The molecule has 24 heavy (non-hydrogen) atoms. The molecule has 2 aromatic rings. The molecule has 1 saturated heterocycles. The summed E-state index contributed by atoms with van der Waals surface area (Å²) in [5.74, 6) is 0.538. The van der Waals surface area contributed by atoms with Gasteiger partial charge in [-0.3, -0.25) is 9.69 Å². The maximum atomic E-state index is 12.3. The van der Waals surface area contributed by atoms with Crippen molar-refractivity contribution >= 4 is 40.1 Å². The van der Waals surface area contributed by atoms with E-state index < -0.39 is 0 Å². The number of aliphatic imine (C=N–C) groups is 1. The molecular weight excluding hydrogens is 340 g/mol. The third kappa shape index (κ3) is 2.76. The SMILES string of the molecule is Cc1ccc(C2=CC(c3ccc(Cl)cc3)N3C(=O)CSC3=N2)cc1. The quantitative estimate of drug-likeness (QED) is 0.784. The number of benzene rings is 2. The maximum Gasteiger partial charge on any atom is 0.239 e. The van der Waals surface area contributed by atoms with Gasteiger partial charge in [0.2, 0.25) is 5.91 Å². The van der Waals surface area contributed by atoms with Crippen LogP contribution in [0.1, 0.15) is 22.7 Å². The Kier molecular flexibility index (Phi) is 3.94. The minimum Gasteiger partial charge on any atom is -0.279 e. The minimum atomic E-state index is -0.145. The van der Waals surface area contributed by atoms with E-state index in [-0.39, 0.29) is 11.9 Å². The largest absolute Gasteiger partial charge is 0.279 e. The molecule has 5 heteroatoms. The molecule has 2 aliphatic heterocycles. The average Bonchev–Trinajstić information content (AvgIpc) is 2.97. The van der Waals surface area contributed by atoms with Crippen molar-refractivity contribution in [3.8, 4) is 0 Å². The van der Waals surface area contributed by atoms with Crippen LogP contribution in [-0.4, -0.2) is 21.7 Å². The number of hydrogen-bond donors (Lipinski definition) is 0. The van der Waals surface area contributed by atoms with Crippen molar-refractivity contribution in [3.05, 3.63) is 76.3 Å². The molecule has 3 nitrogen and oxygen atoms in total. The molecule has 2 aromatic carbocycles. The Hall–Kier alpha value is -2.04. The maximum absolute atomic E-state index is 12.3. The molecule has 1 unspecified atom stereocenters. The zero-order valence-electron chi connectivity index (χ0n) is 13.1. The van der Waals surface area contributed by atoms with Gasteiger partial charge in [0.1, 0.15) is 0 Å². The van der Waals surface area contributed by atoms with Crippen LogP contribution in [-0.2, 0) is 4.79 Å². The smallest absolute Gasteiger partial charge is 0.239 e. The molecule has 2 aliphatic rings. The van der Waals surface area contributed by atoms with Gasteiger partial charge in [-0.05, 0) is 36.3 Å². The highest BCUT2D eigenvalue weighted by Gasteiger charge is 2.37. The Morgan fingerprint density at radius 2 is 1.83 bits per heavy atom. The van der Waals surface area contributed by atoms with Gasteiger partial charge in [0.15, 0.2) is 5.17 Å². The lowest BCUT2D eigenvalue weighted by atomic mass is 10.0. The number of rotatable bonds is 2. The van der Waals surface area contributed by atoms with Gasteiger partial charge in [0, 0.05) is 5.02 Å². The van der Waals surface area contributed by atoms with E-state index in [1.54, 1.807) is 4.90 Å². The Morgan fingerprint density at radius 1 is 1.12 bits per heavy atom. The summed E-state index contributed by atoms with van der Waals surface area (Å²) in [7, 11) is 0. The molecule has 2 heterocycles. The Balaban J connectivity index is 1.80. The fourth-order valence-electron chi connectivity index (χ4n) is 2.89. The molecule has 1 amide bonds. The predicted molar refractivity (Wildman–Crippen MR) is 100 cm³/mol. The zero-order chi connectivity index (χ0) is 16.7. The number of hydrogen-bond acceptors (Lipinski definition) is 3. The van der Waals surface area contributed by atoms with Crippen molar-refractivity contribution in [2.24, 2.45) is 4.99 Å². The summed E-state index contributed by atoms with van der Waals surface area (Å²) in [5, 5.41) is 1.46. The van der Waals surface area contributed by atoms with Gasteiger partial charge >= 0.3 is 0 Å². The first-order valence-electron chi connectivity index (χ1n) is 7.70. The molecule has 0 spiro atoms. The first-order valence-corrected chi connectivity index (χ1v) is 9.06. The molecule has 0 N–H and O–H groups in total. The number of amides is 1. The van der Waals surface area contributed by atoms with Crippen molar-refractivity contribution in [1.82, 2.24) is 4.90 Å². The summed E-state index contributed by atoms with van der Waals surface area (Å²) in [5.41, 5.74) is 4.21. The Bertz CT molecular complexity index is 856. The van der Waals surface area contributed by atoms with Gasteiger partial charge in [-0.2, -0.15) is 0 Å². The molecule has 120 valence electrons. The number of nitrogens with zero attached hydrogens (tertiary/aromatic N) is 2. The molecule has 0 bridgehead atoms. The molecule has 0 aromatic heterocycles. The number of carbonyl (C=O) groups is 1. The second-order valence-corrected chi connectivity index (χ2v) is 7.24. The molecule has 4 rings (SSSR count). The van der Waals surface area contributed by atoms with Crippen molar-refractivity contribution < 1.29 is 4.79 Å². The second kappa shape index (κ2) is 6.11. The highest BCUT2D eigenvalue weighted by Crippen LogP contribution is 2.38. The fourth-order valence-corrected chi connectivity index (χ4v) is 3.92. The van der Waals surface area contributed by atoms with E-state index in [1.165, 1.54) is 17.3 Å². The van der Waals surface area contributed by atoms with Crippen molar-refractivity contribution in [2.45, 2.75) is 13.0 Å². The van der Waals surface area contributed by atoms with Crippen molar-refractivity contribution in [3.63, 3.8) is 0 Å². The number of fused-ring (bicyclic) bond motifs is 1. The summed E-state index contributed by atoms with van der Waals surface area (Å²) in [6.07, 6.45) is 2.06. The summed E-state index contributed by atoms with van der Waals surface area (Å²) >= 11 is 7.50. The van der Waals surface area contributed by atoms with Gasteiger partial charge in [0.05, 0.1) is 17.5 Å². The number of halogens is 1. The molecule has 0 aliphatic carbocycles. The first kappa shape index (κ1) is 15.5. The fraction of sp³-hybridized carbons (Fsp3) is 0.158. The first-order chi connectivity index (χ1) is 11.6. The van der Waals surface area contributed by atoms with E-state index >= 15 is 0 Å². The van der Waals surface area contributed by atoms with Crippen LogP contribution in [0.25, 0.3) is 5.70 Å². The van der Waals surface area contributed by atoms with Crippen LogP contribution in [0.3, 0.4) is 0 Å². The second-order valence-electron chi connectivity index (χ2n) is 5.86. The van der Waals surface area contributed by atoms with Crippen LogP contribution in [0.4, 0.5) is 0 Å². The summed E-state index contributed by atoms with van der Waals surface area (Å²) < 4.78 is 0. The van der Waals surface area contributed by atoms with Gasteiger partial charge in [-0.25, -0.2) is 4.99 Å². The van der Waals surface area contributed by atoms with Crippen molar-refractivity contribution in [1.29, 1.82) is 0 Å². The molecular formula is C19H15ClN2OS. The summed E-state index contributed by atoms with van der Waals surface area (Å²) in [6.45, 7) is 2.06. The van der Waals surface area contributed by atoms with Crippen LogP contribution in [0, 0.1) is 6.92 Å². The third-order valence-corrected chi connectivity index (χ3v) is 5.36. The normalized spacial score (nSPS) is 19.8. The topological polar surface area (TPSA) is 32.7 Å². The lowest BCUT2D eigenvalue weighted by molar-refractivity contribution is -0.125. The van der Waals surface area contributed by atoms with Gasteiger partial charge in [0.25, 0.3) is 0 Å². The summed E-state index contributed by atoms with van der Waals surface area (Å²) in [6, 6.07) is 15.8. The number of thioether (sulfide) groups is 1. The van der Waals surface area contributed by atoms with E-state index in [0.29, 0.717) is 10.8 Å². The van der Waals surface area contributed by atoms with Crippen LogP contribution in [0.15, 0.2) is 59.6 Å². The van der Waals surface area contributed by atoms with Gasteiger partial charge < -0.3 is 0 Å². The van der Waals surface area contributed by atoms with Crippen LogP contribution >= 0.6 is 23.4 Å². The van der Waals surface area contributed by atoms with Crippen molar-refractivity contribution in [2.75, 3.05) is 5.75 Å². The van der Waals surface area contributed by atoms with Gasteiger partial charge in [-0.1, -0.05) is 65.3 Å². The predicted octanol–water partition coefficient (Wildman–Crippen LogP) is 4.68. The number of carbonyl (C=O) groups excluding carboxylic acids is 1. The van der Waals surface area contributed by atoms with E-state index in [4.69, 9.17) is 16.6 Å². The van der Waals surface area contributed by atoms with E-state index in [2.05, 4.69) is 37.3 Å². The van der Waals surface area contributed by atoms with E-state index in [9.17, 15) is 4.79 Å². The van der Waals surface area contributed by atoms with Crippen LogP contribution in [0.5, 0.6) is 0 Å². The Morgan fingerprint density at radius 3 is 2.54 bits per heavy atom. The highest BCUT2D eigenvalue weighted by atomic mass is 35.5. The van der Waals surface area contributed by atoms with E-state index in [0.717, 1.165) is 22.0 Å². The lowest BCUT2D eigenvalue weighted by Crippen LogP contribution is -2.34. The number of aryl methyl sites for hydroxylation is 1. The molecule has 1 atom stereocenters. The Labute approximate surface area is 150 Å². The minimum absolute atomic E-state index is 0.0953. The van der Waals surface area contributed by atoms with E-state index in [1.807, 2.05) is 24.3 Å². The third-order valence-electron chi connectivity index (χ3n) is 4.17. The lowest BCUT2D eigenvalue weighted by Gasteiger charge is -2.29. The molecule has 0 radical (unpaired) electrons. The van der Waals surface area contributed by atoms with Crippen LogP contribution in [0.2, 0.25) is 5.02 Å². The standard InChI is InChI=1S/C19H15ClN2OS/c1-12-2-4-13(5-3-12)16-10-17(14-6-8-15(20)9-7-14)22-18(23)11-24-19(22)21-16/h2-10,17H,11H2,1H3. The van der Waals surface area contributed by atoms with Crippen LogP contribution < -0.4 is 0 Å². The number of amidine groups is 1. The van der Waals surface area contributed by atoms with Gasteiger partial charge in [-0.15, -0.1) is 0 Å². The molecule has 1 fully saturated rings. The summed E-state index contributed by atoms with van der Waals surface area (Å²) in [4.78, 5) is 18.8. The average molecular weight is 355 g/mol. The highest BCUT2D eigenvalue weighted by molar-refractivity contribution is 8.15. The zero-order valence-corrected chi connectivity index (χ0v) is 14.6.